The molecule has 0 fully saturated rings. The molecule has 1 aliphatic heterocycles. The molecule has 0 saturated heterocycles. The van der Waals surface area contributed by atoms with Crippen LogP contribution in [0.1, 0.15) is 42.5 Å². The summed E-state index contributed by atoms with van der Waals surface area (Å²) in [6.45, 7) is 9.77. The number of allylic oxidation sites excluding steroid dienone is 1. The molecular weight excluding hydrogens is 534 g/mol. The lowest BCUT2D eigenvalue weighted by molar-refractivity contribution is 0.323. The Balaban J connectivity index is 1.27. The van der Waals surface area contributed by atoms with Crippen LogP contribution in [0.25, 0.3) is 5.70 Å². The third-order valence-electron chi connectivity index (χ3n) is 6.53. The molecule has 0 saturated carbocycles. The maximum Gasteiger partial charge on any atom is 0.339 e. The van der Waals surface area contributed by atoms with E-state index in [1.165, 1.54) is 0 Å². The van der Waals surface area contributed by atoms with Crippen molar-refractivity contribution < 1.29 is 17.3 Å². The van der Waals surface area contributed by atoms with Gasteiger partial charge in [0, 0.05) is 36.1 Å². The van der Waals surface area contributed by atoms with Crippen LogP contribution in [0.3, 0.4) is 0 Å². The molecule has 8 heteroatoms. The number of rotatable bonds is 12. The van der Waals surface area contributed by atoms with Gasteiger partial charge in [-0.25, -0.2) is 0 Å². The highest BCUT2D eigenvalue weighted by atomic mass is 32.2. The van der Waals surface area contributed by atoms with E-state index in [1.807, 2.05) is 77.4 Å². The molecule has 0 amide bonds. The van der Waals surface area contributed by atoms with Crippen LogP contribution >= 0.6 is 0 Å². The van der Waals surface area contributed by atoms with E-state index in [0.29, 0.717) is 25.4 Å². The van der Waals surface area contributed by atoms with Gasteiger partial charge in [0.15, 0.2) is 0 Å². The van der Waals surface area contributed by atoms with Crippen LogP contribution < -0.4 is 14.2 Å². The number of ether oxygens (including phenoxy) is 1. The fraction of sp³-hybridized carbons (Fsp3) is 0.303. The lowest BCUT2D eigenvalue weighted by atomic mass is 10.1. The smallest absolute Gasteiger partial charge is 0.339 e. The van der Waals surface area contributed by atoms with E-state index in [9.17, 15) is 8.42 Å². The molecule has 0 aromatic heterocycles. The lowest BCUT2D eigenvalue weighted by Crippen LogP contribution is -2.37. The van der Waals surface area contributed by atoms with Crippen LogP contribution in [-0.2, 0) is 16.7 Å². The van der Waals surface area contributed by atoms with Crippen LogP contribution in [-0.4, -0.2) is 45.4 Å². The maximum atomic E-state index is 12.9. The predicted molar refractivity (Wildman–Crippen MR) is 166 cm³/mol. The van der Waals surface area contributed by atoms with Gasteiger partial charge in [0.05, 0.1) is 6.61 Å². The number of hydrogen-bond donors (Lipinski definition) is 1. The summed E-state index contributed by atoms with van der Waals surface area (Å²) in [6, 6.07) is 20.2. The highest BCUT2D eigenvalue weighted by molar-refractivity contribution is 7.87. The summed E-state index contributed by atoms with van der Waals surface area (Å²) >= 11 is 0. The minimum Gasteiger partial charge on any atom is -0.493 e. The number of nitrogens with zero attached hydrogens (tertiary/aromatic N) is 2. The summed E-state index contributed by atoms with van der Waals surface area (Å²) < 4.78 is 37.3. The van der Waals surface area contributed by atoms with E-state index in [1.54, 1.807) is 30.3 Å². The Labute approximate surface area is 244 Å². The van der Waals surface area contributed by atoms with Crippen molar-refractivity contribution in [3.63, 3.8) is 0 Å². The Kier molecular flexibility index (Phi) is 9.68. The first-order valence-corrected chi connectivity index (χ1v) is 15.1. The molecule has 4 rings (SSSR count). The van der Waals surface area contributed by atoms with Gasteiger partial charge in [-0.1, -0.05) is 59.7 Å². The fourth-order valence-corrected chi connectivity index (χ4v) is 5.34. The van der Waals surface area contributed by atoms with Crippen molar-refractivity contribution in [2.75, 3.05) is 20.2 Å². The summed E-state index contributed by atoms with van der Waals surface area (Å²) in [7, 11) is -1.93. The van der Waals surface area contributed by atoms with Gasteiger partial charge in [0.2, 0.25) is 0 Å². The summed E-state index contributed by atoms with van der Waals surface area (Å²) in [5, 5.41) is 3.43. The number of nitrogens with one attached hydrogen (secondary N) is 1. The minimum absolute atomic E-state index is 0.140. The average molecular weight is 574 g/mol. The van der Waals surface area contributed by atoms with Gasteiger partial charge in [0.25, 0.3) is 0 Å². The van der Waals surface area contributed by atoms with Crippen LogP contribution in [0, 0.1) is 13.8 Å². The van der Waals surface area contributed by atoms with Gasteiger partial charge in [-0.05, 0) is 77.6 Å². The normalized spacial score (nSPS) is 14.6. The van der Waals surface area contributed by atoms with Crippen molar-refractivity contribution in [1.29, 1.82) is 0 Å². The van der Waals surface area contributed by atoms with Crippen LogP contribution in [0.2, 0.25) is 0 Å². The Morgan fingerprint density at radius 1 is 0.976 bits per heavy atom. The topological polar surface area (TPSA) is 80.2 Å². The first kappa shape index (κ1) is 30.1. The molecule has 216 valence electrons. The molecule has 3 aromatic carbocycles. The fourth-order valence-electron chi connectivity index (χ4n) is 4.38. The number of hydrogen-bond acceptors (Lipinski definition) is 7. The standard InChI is InChI=1S/C33H39N3O4S/c1-25-12-15-30(16-13-25)41(37,38)40-32-17-14-26(2)22-28(32)24-36(5)20-7-6-8-21-39-29-11-9-10-27(23-29)31-18-19-34-33(3,4)35-31/h6-7,9-19,22-23,35H,8,20-21,24H2,1-5H3/b7-6+. The zero-order valence-electron chi connectivity index (χ0n) is 24.4. The van der Waals surface area contributed by atoms with Crippen molar-refractivity contribution in [2.45, 2.75) is 51.2 Å². The Bertz CT molecular complexity index is 1540. The predicted octanol–water partition coefficient (Wildman–Crippen LogP) is 6.28. The maximum absolute atomic E-state index is 12.9. The van der Waals surface area contributed by atoms with Crippen molar-refractivity contribution in [3.8, 4) is 11.5 Å². The van der Waals surface area contributed by atoms with Crippen molar-refractivity contribution >= 4 is 22.0 Å². The number of likely N-dealkylation sites (N-methyl/N-ethyl adjacent to an activating group) is 1. The minimum atomic E-state index is -3.92. The molecular formula is C33H39N3O4S. The van der Waals surface area contributed by atoms with Crippen LogP contribution in [0.15, 0.2) is 94.8 Å². The Morgan fingerprint density at radius 3 is 2.49 bits per heavy atom. The molecule has 0 radical (unpaired) electrons. The van der Waals surface area contributed by atoms with E-state index >= 15 is 0 Å². The molecule has 0 atom stereocenters. The Hall–Kier alpha value is -3.88. The molecule has 7 nitrogen and oxygen atoms in total. The highest BCUT2D eigenvalue weighted by Crippen LogP contribution is 2.26. The second-order valence-corrected chi connectivity index (χ2v) is 12.4. The summed E-state index contributed by atoms with van der Waals surface area (Å²) in [5.41, 5.74) is 4.60. The molecule has 1 aliphatic rings. The van der Waals surface area contributed by atoms with Crippen molar-refractivity contribution in [2.24, 2.45) is 4.99 Å². The molecule has 0 unspecified atom stereocenters. The van der Waals surface area contributed by atoms with Gasteiger partial charge >= 0.3 is 10.1 Å². The largest absolute Gasteiger partial charge is 0.493 e. The number of aryl methyl sites for hydroxylation is 2. The van der Waals surface area contributed by atoms with Gasteiger partial charge in [-0.3, -0.25) is 9.89 Å². The quantitative estimate of drug-likeness (QED) is 0.156. The van der Waals surface area contributed by atoms with E-state index in [-0.39, 0.29) is 10.6 Å². The molecule has 1 N–H and O–H groups in total. The summed E-state index contributed by atoms with van der Waals surface area (Å²) in [4.78, 5) is 6.67. The van der Waals surface area contributed by atoms with Crippen LogP contribution in [0.4, 0.5) is 0 Å². The lowest BCUT2D eigenvalue weighted by Gasteiger charge is -2.27. The van der Waals surface area contributed by atoms with Gasteiger partial charge in [0.1, 0.15) is 22.1 Å². The highest BCUT2D eigenvalue weighted by Gasteiger charge is 2.20. The monoisotopic (exact) mass is 573 g/mol. The molecule has 0 bridgehead atoms. The zero-order chi connectivity index (χ0) is 29.5. The summed E-state index contributed by atoms with van der Waals surface area (Å²) in [6.07, 6.45) is 8.77. The zero-order valence-corrected chi connectivity index (χ0v) is 25.2. The molecule has 3 aromatic rings. The molecule has 0 spiro atoms. The second-order valence-electron chi connectivity index (χ2n) is 10.8. The van der Waals surface area contributed by atoms with Crippen molar-refractivity contribution in [1.82, 2.24) is 10.2 Å². The molecule has 1 heterocycles. The van der Waals surface area contributed by atoms with Gasteiger partial charge in [-0.15, -0.1) is 0 Å². The van der Waals surface area contributed by atoms with E-state index < -0.39 is 10.1 Å². The van der Waals surface area contributed by atoms with E-state index in [2.05, 4.69) is 33.4 Å². The van der Waals surface area contributed by atoms with Gasteiger partial charge in [-0.2, -0.15) is 8.42 Å². The number of aliphatic imine (C=N–C) groups is 1. The first-order valence-electron chi connectivity index (χ1n) is 13.7. The number of benzene rings is 3. The summed E-state index contributed by atoms with van der Waals surface area (Å²) in [5.74, 6) is 1.17. The van der Waals surface area contributed by atoms with E-state index in [4.69, 9.17) is 8.92 Å². The van der Waals surface area contributed by atoms with E-state index in [0.717, 1.165) is 40.1 Å². The second kappa shape index (κ2) is 13.2. The first-order chi connectivity index (χ1) is 19.5. The van der Waals surface area contributed by atoms with Crippen LogP contribution in [0.5, 0.6) is 11.5 Å². The molecule has 0 aliphatic carbocycles. The SMILES string of the molecule is Cc1ccc(S(=O)(=O)Oc2ccc(C)cc2CN(C)C/C=C/CCOc2cccc(C3=CC=NC(C)(C)N3)c2)cc1. The third kappa shape index (κ3) is 8.80. The Morgan fingerprint density at radius 2 is 1.73 bits per heavy atom. The average Bonchev–Trinajstić information content (AvgIpc) is 2.92. The van der Waals surface area contributed by atoms with Crippen molar-refractivity contribution in [3.05, 3.63) is 107 Å². The molecule has 41 heavy (non-hydrogen) atoms. The van der Waals surface area contributed by atoms with Gasteiger partial charge < -0.3 is 14.2 Å². The third-order valence-corrected chi connectivity index (χ3v) is 7.77.